The van der Waals surface area contributed by atoms with Crippen molar-refractivity contribution in [1.29, 1.82) is 0 Å². The van der Waals surface area contributed by atoms with Gasteiger partial charge in [-0.3, -0.25) is 4.79 Å². The molecule has 0 fully saturated rings. The SMILES string of the molecule is COc1ccc(C2CC(c3cccs3)=NN2C(=O)COC(=O)c2cc(C)n(-c3ccc(F)cc3)c2C)cc1OC. The Kier molecular flexibility index (Phi) is 7.70. The molecule has 8 nitrogen and oxygen atoms in total. The van der Waals surface area contributed by atoms with Gasteiger partial charge in [-0.2, -0.15) is 5.10 Å². The van der Waals surface area contributed by atoms with Crippen LogP contribution in [0.3, 0.4) is 0 Å². The minimum absolute atomic E-state index is 0.329. The molecule has 1 aliphatic heterocycles. The van der Waals surface area contributed by atoms with Crippen molar-refractivity contribution in [1.82, 2.24) is 9.58 Å². The van der Waals surface area contributed by atoms with Crippen molar-refractivity contribution in [2.75, 3.05) is 20.8 Å². The standard InChI is InChI=1S/C30H28FN3O5S/c1-18-14-23(19(2)33(18)22-10-8-21(31)9-11-22)30(36)39-17-29(35)34-25(16-24(32-34)28-6-5-13-40-28)20-7-12-26(37-3)27(15-20)38-4/h5-15,25H,16-17H2,1-4H3. The van der Waals surface area contributed by atoms with Crippen LogP contribution in [-0.4, -0.2) is 48.0 Å². The highest BCUT2D eigenvalue weighted by atomic mass is 32.1. The molecule has 0 radical (unpaired) electrons. The van der Waals surface area contributed by atoms with Crippen LogP contribution < -0.4 is 9.47 Å². The Morgan fingerprint density at radius 2 is 1.77 bits per heavy atom. The van der Waals surface area contributed by atoms with Gasteiger partial charge in [0.25, 0.3) is 5.91 Å². The fraction of sp³-hybridized carbons (Fsp3) is 0.233. The zero-order valence-electron chi connectivity index (χ0n) is 22.5. The van der Waals surface area contributed by atoms with E-state index in [2.05, 4.69) is 5.10 Å². The van der Waals surface area contributed by atoms with Crippen molar-refractivity contribution in [3.05, 3.63) is 99.3 Å². The first-order valence-electron chi connectivity index (χ1n) is 12.6. The van der Waals surface area contributed by atoms with Crippen LogP contribution in [0.5, 0.6) is 11.5 Å². The summed E-state index contributed by atoms with van der Waals surface area (Å²) < 4.78 is 31.6. The van der Waals surface area contributed by atoms with Crippen molar-refractivity contribution in [3.8, 4) is 17.2 Å². The van der Waals surface area contributed by atoms with E-state index in [0.717, 1.165) is 27.5 Å². The van der Waals surface area contributed by atoms with Crippen molar-refractivity contribution in [2.45, 2.75) is 26.3 Å². The summed E-state index contributed by atoms with van der Waals surface area (Å²) in [5, 5.41) is 7.97. The number of hydrogen-bond donors (Lipinski definition) is 0. The molecule has 1 unspecified atom stereocenters. The molecule has 1 atom stereocenters. The Morgan fingerprint density at radius 3 is 2.45 bits per heavy atom. The number of hydrogen-bond acceptors (Lipinski definition) is 7. The van der Waals surface area contributed by atoms with E-state index in [1.165, 1.54) is 17.1 Å². The summed E-state index contributed by atoms with van der Waals surface area (Å²) in [4.78, 5) is 27.4. The van der Waals surface area contributed by atoms with Gasteiger partial charge in [-0.1, -0.05) is 12.1 Å². The Hall–Kier alpha value is -4.44. The number of hydrazone groups is 1. The number of aromatic nitrogens is 1. The predicted octanol–water partition coefficient (Wildman–Crippen LogP) is 5.85. The third-order valence-electron chi connectivity index (χ3n) is 6.83. The number of amides is 1. The highest BCUT2D eigenvalue weighted by molar-refractivity contribution is 7.12. The van der Waals surface area contributed by atoms with Crippen molar-refractivity contribution in [3.63, 3.8) is 0 Å². The zero-order chi connectivity index (χ0) is 28.4. The number of carbonyl (C=O) groups is 2. The van der Waals surface area contributed by atoms with Crippen LogP contribution in [0.1, 0.15) is 44.6 Å². The summed E-state index contributed by atoms with van der Waals surface area (Å²) in [6, 6.07) is 16.7. The molecule has 40 heavy (non-hydrogen) atoms. The summed E-state index contributed by atoms with van der Waals surface area (Å²) in [7, 11) is 3.12. The Labute approximate surface area is 235 Å². The van der Waals surface area contributed by atoms with Gasteiger partial charge in [-0.05, 0) is 73.3 Å². The molecule has 3 heterocycles. The molecule has 0 saturated heterocycles. The van der Waals surface area contributed by atoms with Crippen molar-refractivity contribution in [2.24, 2.45) is 5.10 Å². The lowest BCUT2D eigenvalue weighted by atomic mass is 10.0. The van der Waals surface area contributed by atoms with Crippen molar-refractivity contribution >= 4 is 28.9 Å². The van der Waals surface area contributed by atoms with Crippen LogP contribution in [0, 0.1) is 19.7 Å². The lowest BCUT2D eigenvalue weighted by Gasteiger charge is -2.22. The predicted molar refractivity (Wildman–Crippen MR) is 150 cm³/mol. The van der Waals surface area contributed by atoms with Crippen LogP contribution in [-0.2, 0) is 9.53 Å². The fourth-order valence-corrected chi connectivity index (χ4v) is 5.60. The monoisotopic (exact) mass is 561 g/mol. The number of ether oxygens (including phenoxy) is 3. The first-order chi connectivity index (χ1) is 19.3. The molecule has 5 rings (SSSR count). The van der Waals surface area contributed by atoms with Gasteiger partial charge < -0.3 is 18.8 Å². The summed E-state index contributed by atoms with van der Waals surface area (Å²) in [5.74, 6) is -0.303. The lowest BCUT2D eigenvalue weighted by Crippen LogP contribution is -2.31. The molecule has 0 N–H and O–H groups in total. The van der Waals surface area contributed by atoms with E-state index >= 15 is 0 Å². The second kappa shape index (κ2) is 11.4. The summed E-state index contributed by atoms with van der Waals surface area (Å²) in [5.41, 5.74) is 4.05. The molecule has 2 aromatic heterocycles. The highest BCUT2D eigenvalue weighted by Gasteiger charge is 2.34. The first kappa shape index (κ1) is 27.1. The molecule has 0 bridgehead atoms. The van der Waals surface area contributed by atoms with Crippen LogP contribution >= 0.6 is 11.3 Å². The third-order valence-corrected chi connectivity index (χ3v) is 7.75. The molecule has 206 valence electrons. The molecule has 0 saturated carbocycles. The molecular weight excluding hydrogens is 533 g/mol. The van der Waals surface area contributed by atoms with Crippen LogP contribution in [0.2, 0.25) is 0 Å². The fourth-order valence-electron chi connectivity index (χ4n) is 4.88. The van der Waals surface area contributed by atoms with Gasteiger partial charge in [0.05, 0.1) is 36.4 Å². The van der Waals surface area contributed by atoms with Gasteiger partial charge in [0.1, 0.15) is 5.82 Å². The van der Waals surface area contributed by atoms with Crippen LogP contribution in [0.4, 0.5) is 4.39 Å². The largest absolute Gasteiger partial charge is 0.493 e. The van der Waals surface area contributed by atoms with E-state index in [1.807, 2.05) is 41.1 Å². The van der Waals surface area contributed by atoms with Crippen LogP contribution in [0.25, 0.3) is 5.69 Å². The maximum absolute atomic E-state index is 13.4. The van der Waals surface area contributed by atoms with Crippen molar-refractivity contribution < 1.29 is 28.2 Å². The molecular formula is C30H28FN3O5S. The smallest absolute Gasteiger partial charge is 0.340 e. The number of nitrogens with zero attached hydrogens (tertiary/aromatic N) is 3. The second-order valence-corrected chi connectivity index (χ2v) is 10.2. The Morgan fingerprint density at radius 1 is 1.02 bits per heavy atom. The minimum atomic E-state index is -0.626. The number of methoxy groups -OCH3 is 2. The quantitative estimate of drug-likeness (QED) is 0.252. The topological polar surface area (TPSA) is 82.4 Å². The van der Waals surface area contributed by atoms with E-state index in [-0.39, 0.29) is 5.82 Å². The Bertz CT molecular complexity index is 1580. The van der Waals surface area contributed by atoms with E-state index in [4.69, 9.17) is 14.2 Å². The summed E-state index contributed by atoms with van der Waals surface area (Å²) in [6.07, 6.45) is 0.495. The molecule has 0 spiro atoms. The van der Waals surface area contributed by atoms with E-state index < -0.39 is 24.5 Å². The lowest BCUT2D eigenvalue weighted by molar-refractivity contribution is -0.136. The number of thiophene rings is 1. The maximum Gasteiger partial charge on any atom is 0.340 e. The normalized spacial score (nSPS) is 14.7. The van der Waals surface area contributed by atoms with Gasteiger partial charge in [-0.25, -0.2) is 14.2 Å². The summed E-state index contributed by atoms with van der Waals surface area (Å²) >= 11 is 1.54. The average Bonchev–Trinajstić information content (AvgIpc) is 3.71. The van der Waals surface area contributed by atoms with E-state index in [1.54, 1.807) is 56.7 Å². The maximum atomic E-state index is 13.4. The van der Waals surface area contributed by atoms with Gasteiger partial charge in [0.15, 0.2) is 18.1 Å². The second-order valence-electron chi connectivity index (χ2n) is 9.27. The molecule has 1 amide bonds. The third kappa shape index (κ3) is 5.22. The minimum Gasteiger partial charge on any atom is -0.493 e. The number of aryl methyl sites for hydroxylation is 1. The number of esters is 1. The zero-order valence-corrected chi connectivity index (χ0v) is 23.3. The number of carbonyl (C=O) groups excluding carboxylic acids is 2. The number of benzene rings is 2. The number of rotatable bonds is 8. The van der Waals surface area contributed by atoms with E-state index in [0.29, 0.717) is 29.2 Å². The van der Waals surface area contributed by atoms with Crippen LogP contribution in [0.15, 0.2) is 71.1 Å². The first-order valence-corrected chi connectivity index (χ1v) is 13.5. The highest BCUT2D eigenvalue weighted by Crippen LogP contribution is 2.38. The Balaban J connectivity index is 1.36. The van der Waals surface area contributed by atoms with Gasteiger partial charge in [0.2, 0.25) is 0 Å². The van der Waals surface area contributed by atoms with Gasteiger partial charge >= 0.3 is 5.97 Å². The molecule has 4 aromatic rings. The van der Waals surface area contributed by atoms with E-state index in [9.17, 15) is 14.0 Å². The summed E-state index contributed by atoms with van der Waals surface area (Å²) in [6.45, 7) is 3.14. The molecule has 10 heteroatoms. The molecule has 2 aromatic carbocycles. The van der Waals surface area contributed by atoms with Gasteiger partial charge in [0, 0.05) is 23.5 Å². The number of halogens is 1. The van der Waals surface area contributed by atoms with Gasteiger partial charge in [-0.15, -0.1) is 11.3 Å². The average molecular weight is 562 g/mol. The molecule has 0 aliphatic carbocycles. The molecule has 1 aliphatic rings.